The van der Waals surface area contributed by atoms with E-state index in [1.54, 1.807) is 22.4 Å². The zero-order valence-electron chi connectivity index (χ0n) is 15.5. The van der Waals surface area contributed by atoms with Crippen molar-refractivity contribution in [1.82, 2.24) is 14.8 Å². The molecule has 1 aliphatic rings. The zero-order chi connectivity index (χ0) is 20.1. The van der Waals surface area contributed by atoms with Crippen molar-refractivity contribution >= 4 is 38.1 Å². The minimum atomic E-state index is -2.98. The number of carbonyl (C=O) groups is 2. The molecule has 9 nitrogen and oxygen atoms in total. The number of thiazole rings is 1. The number of anilines is 1. The topological polar surface area (TPSA) is 113 Å². The van der Waals surface area contributed by atoms with Gasteiger partial charge in [-0.15, -0.1) is 11.3 Å². The smallest absolute Gasteiger partial charge is 0.293 e. The van der Waals surface area contributed by atoms with Crippen LogP contribution in [0.5, 0.6) is 0 Å². The third-order valence-corrected chi connectivity index (χ3v) is 6.08. The summed E-state index contributed by atoms with van der Waals surface area (Å²) in [6.45, 7) is 2.93. The highest BCUT2D eigenvalue weighted by atomic mass is 32.2. The Morgan fingerprint density at radius 3 is 2.68 bits per heavy atom. The second-order valence-corrected chi connectivity index (χ2v) is 9.72. The monoisotopic (exact) mass is 426 g/mol. The van der Waals surface area contributed by atoms with Crippen LogP contribution in [0.25, 0.3) is 0 Å². The normalized spacial score (nSPS) is 15.5. The summed E-state index contributed by atoms with van der Waals surface area (Å²) in [5.41, 5.74) is 0.601. The van der Waals surface area contributed by atoms with Crippen molar-refractivity contribution < 1.29 is 22.4 Å². The number of furan rings is 1. The Kier molecular flexibility index (Phi) is 6.47. The van der Waals surface area contributed by atoms with Gasteiger partial charge in [-0.1, -0.05) is 0 Å². The van der Waals surface area contributed by atoms with Crippen molar-refractivity contribution in [1.29, 1.82) is 0 Å². The summed E-state index contributed by atoms with van der Waals surface area (Å²) >= 11 is 1.25. The molecule has 11 heteroatoms. The van der Waals surface area contributed by atoms with Crippen LogP contribution in [0, 0.1) is 0 Å². The van der Waals surface area contributed by atoms with Crippen molar-refractivity contribution in [3.63, 3.8) is 0 Å². The molecule has 1 fully saturated rings. The van der Waals surface area contributed by atoms with E-state index in [1.165, 1.54) is 23.9 Å². The van der Waals surface area contributed by atoms with Gasteiger partial charge in [0.2, 0.25) is 5.91 Å². The lowest BCUT2D eigenvalue weighted by Crippen LogP contribution is -2.50. The highest BCUT2D eigenvalue weighted by molar-refractivity contribution is 7.90. The number of hydrogen-bond acceptors (Lipinski definition) is 8. The van der Waals surface area contributed by atoms with Gasteiger partial charge >= 0.3 is 0 Å². The zero-order valence-corrected chi connectivity index (χ0v) is 17.1. The Hall–Kier alpha value is -2.24. The molecule has 0 atom stereocenters. The molecule has 28 heavy (non-hydrogen) atoms. The first-order chi connectivity index (χ1) is 13.3. The average Bonchev–Trinajstić information content (AvgIpc) is 3.32. The molecule has 2 aromatic heterocycles. The summed E-state index contributed by atoms with van der Waals surface area (Å²) in [5.74, 6) is -0.0901. The molecule has 0 aromatic carbocycles. The van der Waals surface area contributed by atoms with Crippen molar-refractivity contribution in [3.8, 4) is 0 Å². The first kappa shape index (κ1) is 20.5. The van der Waals surface area contributed by atoms with E-state index in [9.17, 15) is 18.0 Å². The van der Waals surface area contributed by atoms with E-state index in [-0.39, 0.29) is 29.7 Å². The number of sulfone groups is 1. The first-order valence-electron chi connectivity index (χ1n) is 8.77. The van der Waals surface area contributed by atoms with Gasteiger partial charge in [-0.25, -0.2) is 13.4 Å². The van der Waals surface area contributed by atoms with Gasteiger partial charge < -0.3 is 9.32 Å². The lowest BCUT2D eigenvalue weighted by Gasteiger charge is -2.34. The number of carbonyl (C=O) groups excluding carboxylic acids is 2. The summed E-state index contributed by atoms with van der Waals surface area (Å²) in [7, 11) is -2.98. The van der Waals surface area contributed by atoms with Crippen LogP contribution < -0.4 is 5.32 Å². The second-order valence-electron chi connectivity index (χ2n) is 6.60. The molecule has 0 radical (unpaired) electrons. The molecule has 3 heterocycles. The van der Waals surface area contributed by atoms with E-state index in [1.807, 2.05) is 0 Å². The number of hydrogen-bond donors (Lipinski definition) is 1. The SMILES string of the molecule is CS(=O)(=O)CCN1CCN(C(=O)Cc2csc(NC(=O)c3ccco3)n2)CC1. The third-order valence-electron chi connectivity index (χ3n) is 4.35. The molecule has 1 N–H and O–H groups in total. The lowest BCUT2D eigenvalue weighted by molar-refractivity contribution is -0.132. The maximum Gasteiger partial charge on any atom is 0.293 e. The van der Waals surface area contributed by atoms with E-state index in [2.05, 4.69) is 15.2 Å². The molecule has 1 saturated heterocycles. The van der Waals surface area contributed by atoms with Gasteiger partial charge in [-0.05, 0) is 12.1 Å². The van der Waals surface area contributed by atoms with E-state index in [0.29, 0.717) is 43.5 Å². The highest BCUT2D eigenvalue weighted by Crippen LogP contribution is 2.18. The molecular formula is C17H22N4O5S2. The number of nitrogens with zero attached hydrogens (tertiary/aromatic N) is 3. The summed E-state index contributed by atoms with van der Waals surface area (Å²) < 4.78 is 27.5. The molecule has 0 aliphatic carbocycles. The quantitative estimate of drug-likeness (QED) is 0.694. The van der Waals surface area contributed by atoms with Crippen molar-refractivity contribution in [2.24, 2.45) is 0 Å². The Balaban J connectivity index is 1.45. The van der Waals surface area contributed by atoms with Crippen LogP contribution in [-0.2, 0) is 21.1 Å². The maximum absolute atomic E-state index is 12.5. The predicted octanol–water partition coefficient (Wildman–Crippen LogP) is 0.720. The standard InChI is InChI=1S/C17H22N4O5S2/c1-28(24,25)10-8-20-4-6-21(7-5-20)15(22)11-13-12-27-17(18-13)19-16(23)14-3-2-9-26-14/h2-3,9,12H,4-8,10-11H2,1H3,(H,18,19,23). The molecule has 152 valence electrons. The summed E-state index contributed by atoms with van der Waals surface area (Å²) in [6, 6.07) is 3.19. The Bertz CT molecular complexity index is 915. The van der Waals surface area contributed by atoms with Gasteiger partial charge in [0.25, 0.3) is 5.91 Å². The van der Waals surface area contributed by atoms with Gasteiger partial charge in [-0.3, -0.25) is 19.8 Å². The third kappa shape index (κ3) is 5.88. The summed E-state index contributed by atoms with van der Waals surface area (Å²) in [4.78, 5) is 32.5. The second kappa shape index (κ2) is 8.84. The molecule has 3 rings (SSSR count). The minimum Gasteiger partial charge on any atom is -0.459 e. The number of piperazine rings is 1. The van der Waals surface area contributed by atoms with Crippen LogP contribution >= 0.6 is 11.3 Å². The largest absolute Gasteiger partial charge is 0.459 e. The Labute approximate surface area is 167 Å². The fraction of sp³-hybridized carbons (Fsp3) is 0.471. The van der Waals surface area contributed by atoms with Crippen LogP contribution in [0.3, 0.4) is 0 Å². The van der Waals surface area contributed by atoms with Crippen LogP contribution in [0.2, 0.25) is 0 Å². The molecule has 2 amide bonds. The fourth-order valence-corrected chi connectivity index (χ4v) is 4.09. The number of nitrogens with one attached hydrogen (secondary N) is 1. The van der Waals surface area contributed by atoms with E-state index in [4.69, 9.17) is 4.42 Å². The van der Waals surface area contributed by atoms with Gasteiger partial charge in [0.05, 0.1) is 24.1 Å². The van der Waals surface area contributed by atoms with Crippen LogP contribution in [0.15, 0.2) is 28.2 Å². The molecule has 2 aromatic rings. The molecule has 0 spiro atoms. The van der Waals surface area contributed by atoms with Gasteiger partial charge in [-0.2, -0.15) is 0 Å². The Morgan fingerprint density at radius 1 is 1.29 bits per heavy atom. The Morgan fingerprint density at radius 2 is 2.04 bits per heavy atom. The maximum atomic E-state index is 12.5. The van der Waals surface area contributed by atoms with Gasteiger partial charge in [0.15, 0.2) is 10.9 Å². The predicted molar refractivity (Wildman–Crippen MR) is 105 cm³/mol. The molecule has 0 unspecified atom stereocenters. The van der Waals surface area contributed by atoms with Crippen molar-refractivity contribution in [3.05, 3.63) is 35.2 Å². The van der Waals surface area contributed by atoms with Crippen LogP contribution in [0.4, 0.5) is 5.13 Å². The highest BCUT2D eigenvalue weighted by Gasteiger charge is 2.22. The van der Waals surface area contributed by atoms with Crippen molar-refractivity contribution in [2.45, 2.75) is 6.42 Å². The number of rotatable bonds is 7. The number of aromatic nitrogens is 1. The number of amides is 2. The van der Waals surface area contributed by atoms with Gasteiger partial charge in [0, 0.05) is 44.4 Å². The lowest BCUT2D eigenvalue weighted by atomic mass is 10.2. The van der Waals surface area contributed by atoms with Gasteiger partial charge in [0.1, 0.15) is 9.84 Å². The average molecular weight is 427 g/mol. The van der Waals surface area contributed by atoms with Crippen molar-refractivity contribution in [2.75, 3.05) is 50.0 Å². The van der Waals surface area contributed by atoms with Crippen LogP contribution in [-0.4, -0.2) is 79.7 Å². The van der Waals surface area contributed by atoms with Crippen LogP contribution in [0.1, 0.15) is 16.2 Å². The molecule has 1 aliphatic heterocycles. The van der Waals surface area contributed by atoms with E-state index in [0.717, 1.165) is 0 Å². The van der Waals surface area contributed by atoms with E-state index < -0.39 is 9.84 Å². The summed E-state index contributed by atoms with van der Waals surface area (Å²) in [5, 5.41) is 4.80. The first-order valence-corrected chi connectivity index (χ1v) is 11.7. The minimum absolute atomic E-state index is 0.0306. The molecule has 0 saturated carbocycles. The fourth-order valence-electron chi connectivity index (χ4n) is 2.79. The molecular weight excluding hydrogens is 404 g/mol. The molecule has 0 bridgehead atoms. The summed E-state index contributed by atoms with van der Waals surface area (Å²) in [6.07, 6.45) is 2.81. The van der Waals surface area contributed by atoms with E-state index >= 15 is 0 Å².